The van der Waals surface area contributed by atoms with Crippen LogP contribution in [0.15, 0.2) is 23.3 Å². The molecule has 0 saturated carbocycles. The van der Waals surface area contributed by atoms with E-state index in [1.807, 2.05) is 0 Å². The number of carboxylic acids is 1. The van der Waals surface area contributed by atoms with Crippen LogP contribution in [0.4, 0.5) is 11.4 Å². The van der Waals surface area contributed by atoms with Crippen LogP contribution in [-0.2, 0) is 0 Å². The van der Waals surface area contributed by atoms with Crippen LogP contribution in [0.25, 0.3) is 10.4 Å². The molecule has 15 heavy (non-hydrogen) atoms. The molecule has 0 heterocycles. The number of rotatable bonds is 3. The van der Waals surface area contributed by atoms with E-state index in [-0.39, 0.29) is 5.69 Å². The minimum absolute atomic E-state index is 0.0144. The quantitative estimate of drug-likeness (QED) is 0.268. The van der Waals surface area contributed by atoms with Gasteiger partial charge in [0, 0.05) is 16.7 Å². The van der Waals surface area contributed by atoms with Crippen molar-refractivity contribution in [3.8, 4) is 0 Å². The third kappa shape index (κ3) is 2.20. The first-order chi connectivity index (χ1) is 7.06. The van der Waals surface area contributed by atoms with E-state index in [9.17, 15) is 14.9 Å². The van der Waals surface area contributed by atoms with Gasteiger partial charge in [0.1, 0.15) is 5.56 Å². The number of benzene rings is 1. The molecule has 0 aliphatic rings. The molecular weight excluding hydrogens is 204 g/mol. The minimum Gasteiger partial charge on any atom is -0.477 e. The summed E-state index contributed by atoms with van der Waals surface area (Å²) in [6, 6.07) is 3.10. The van der Waals surface area contributed by atoms with Gasteiger partial charge >= 0.3 is 5.97 Å². The van der Waals surface area contributed by atoms with Crippen LogP contribution in [-0.4, -0.2) is 16.0 Å². The minimum atomic E-state index is -1.45. The van der Waals surface area contributed by atoms with Gasteiger partial charge in [0.2, 0.25) is 0 Å². The van der Waals surface area contributed by atoms with Gasteiger partial charge in [-0.05, 0) is 17.7 Å². The van der Waals surface area contributed by atoms with E-state index >= 15 is 0 Å². The Morgan fingerprint density at radius 2 is 2.27 bits per heavy atom. The highest BCUT2D eigenvalue weighted by molar-refractivity contribution is 5.93. The topological polar surface area (TPSA) is 129 Å². The van der Waals surface area contributed by atoms with Crippen molar-refractivity contribution >= 4 is 17.3 Å². The van der Waals surface area contributed by atoms with Crippen molar-refractivity contribution in [3.05, 3.63) is 44.3 Å². The molecule has 8 heteroatoms. The van der Waals surface area contributed by atoms with Crippen LogP contribution >= 0.6 is 0 Å². The standard InChI is InChI=1S/C7H4N4O4/c8-10-9-4-1-2-6(11(14)15)5(3-4)7(12)13/h1-3H,(H,12,13). The Kier molecular flexibility index (Phi) is 2.85. The first-order valence-electron chi connectivity index (χ1n) is 3.63. The Morgan fingerprint density at radius 3 is 2.73 bits per heavy atom. The van der Waals surface area contributed by atoms with Crippen molar-refractivity contribution in [3.63, 3.8) is 0 Å². The van der Waals surface area contributed by atoms with Crippen LogP contribution in [0.3, 0.4) is 0 Å². The molecule has 8 nitrogen and oxygen atoms in total. The number of nitro benzene ring substituents is 1. The fraction of sp³-hybridized carbons (Fsp3) is 0. The maximum Gasteiger partial charge on any atom is 0.342 e. The van der Waals surface area contributed by atoms with E-state index < -0.39 is 22.1 Å². The number of nitro groups is 1. The molecule has 0 unspecified atom stereocenters. The summed E-state index contributed by atoms with van der Waals surface area (Å²) in [4.78, 5) is 22.7. The van der Waals surface area contributed by atoms with Crippen molar-refractivity contribution in [2.75, 3.05) is 0 Å². The molecule has 0 atom stereocenters. The van der Waals surface area contributed by atoms with Crippen LogP contribution in [0, 0.1) is 10.1 Å². The predicted octanol–water partition coefficient (Wildman–Crippen LogP) is 2.23. The third-order valence-electron chi connectivity index (χ3n) is 1.57. The normalized spacial score (nSPS) is 9.07. The highest BCUT2D eigenvalue weighted by atomic mass is 16.6. The molecule has 0 fully saturated rings. The maximum absolute atomic E-state index is 10.6. The smallest absolute Gasteiger partial charge is 0.342 e. The Labute approximate surface area is 82.5 Å². The second-order valence-electron chi connectivity index (χ2n) is 2.45. The molecule has 1 aromatic carbocycles. The van der Waals surface area contributed by atoms with Gasteiger partial charge in [0.25, 0.3) is 5.69 Å². The maximum atomic E-state index is 10.6. The molecule has 0 spiro atoms. The van der Waals surface area contributed by atoms with E-state index in [0.29, 0.717) is 0 Å². The molecule has 0 aliphatic heterocycles. The number of aromatic carboxylic acids is 1. The average Bonchev–Trinajstić information content (AvgIpc) is 2.17. The van der Waals surface area contributed by atoms with E-state index in [2.05, 4.69) is 10.0 Å². The van der Waals surface area contributed by atoms with Crippen molar-refractivity contribution < 1.29 is 14.8 Å². The monoisotopic (exact) mass is 208 g/mol. The first-order valence-corrected chi connectivity index (χ1v) is 3.63. The van der Waals surface area contributed by atoms with Crippen molar-refractivity contribution in [2.45, 2.75) is 0 Å². The summed E-state index contributed by atoms with van der Waals surface area (Å²) >= 11 is 0. The molecular formula is C7H4N4O4. The lowest BCUT2D eigenvalue weighted by atomic mass is 10.1. The van der Waals surface area contributed by atoms with E-state index in [4.69, 9.17) is 10.6 Å². The van der Waals surface area contributed by atoms with E-state index in [1.165, 1.54) is 6.07 Å². The summed E-state index contributed by atoms with van der Waals surface area (Å²) in [5, 5.41) is 22.2. The van der Waals surface area contributed by atoms with Gasteiger partial charge in [-0.25, -0.2) is 4.79 Å². The third-order valence-corrected chi connectivity index (χ3v) is 1.57. The van der Waals surface area contributed by atoms with E-state index in [1.54, 1.807) is 0 Å². The summed E-state index contributed by atoms with van der Waals surface area (Å²) in [6.45, 7) is 0. The lowest BCUT2D eigenvalue weighted by molar-refractivity contribution is -0.385. The van der Waals surface area contributed by atoms with Crippen LogP contribution in [0.5, 0.6) is 0 Å². The highest BCUT2D eigenvalue weighted by Gasteiger charge is 2.19. The van der Waals surface area contributed by atoms with Crippen LogP contribution in [0.1, 0.15) is 10.4 Å². The zero-order valence-electron chi connectivity index (χ0n) is 7.19. The summed E-state index contributed by atoms with van der Waals surface area (Å²) < 4.78 is 0. The van der Waals surface area contributed by atoms with Gasteiger partial charge in [-0.15, -0.1) is 0 Å². The van der Waals surface area contributed by atoms with E-state index in [0.717, 1.165) is 12.1 Å². The number of azide groups is 1. The molecule has 76 valence electrons. The van der Waals surface area contributed by atoms with Crippen LogP contribution < -0.4 is 0 Å². The van der Waals surface area contributed by atoms with Crippen molar-refractivity contribution in [2.24, 2.45) is 5.11 Å². The summed E-state index contributed by atoms with van der Waals surface area (Å²) in [6.07, 6.45) is 0. The van der Waals surface area contributed by atoms with Gasteiger partial charge < -0.3 is 5.11 Å². The predicted molar refractivity (Wildman–Crippen MR) is 48.9 cm³/mol. The zero-order valence-corrected chi connectivity index (χ0v) is 7.19. The molecule has 0 bridgehead atoms. The lowest BCUT2D eigenvalue weighted by Gasteiger charge is -1.98. The lowest BCUT2D eigenvalue weighted by Crippen LogP contribution is -2.01. The number of nitrogens with zero attached hydrogens (tertiary/aromatic N) is 4. The molecule has 1 aromatic rings. The second-order valence-corrected chi connectivity index (χ2v) is 2.45. The molecule has 0 aliphatic carbocycles. The summed E-state index contributed by atoms with van der Waals surface area (Å²) in [5.41, 5.74) is 7.07. The highest BCUT2D eigenvalue weighted by Crippen LogP contribution is 2.24. The fourth-order valence-corrected chi connectivity index (χ4v) is 0.968. The molecule has 0 saturated heterocycles. The average molecular weight is 208 g/mol. The van der Waals surface area contributed by atoms with Gasteiger partial charge in [-0.1, -0.05) is 5.11 Å². The Bertz CT molecular complexity index is 478. The van der Waals surface area contributed by atoms with Gasteiger partial charge in [-0.3, -0.25) is 10.1 Å². The molecule has 0 amide bonds. The number of hydrogen-bond acceptors (Lipinski definition) is 4. The van der Waals surface area contributed by atoms with Crippen molar-refractivity contribution in [1.82, 2.24) is 0 Å². The largest absolute Gasteiger partial charge is 0.477 e. The van der Waals surface area contributed by atoms with Crippen LogP contribution in [0.2, 0.25) is 0 Å². The molecule has 1 N–H and O–H groups in total. The van der Waals surface area contributed by atoms with Gasteiger partial charge in [0.05, 0.1) is 4.92 Å². The Balaban J connectivity index is 3.39. The zero-order chi connectivity index (χ0) is 11.4. The Morgan fingerprint density at radius 1 is 1.60 bits per heavy atom. The number of carboxylic acid groups (broad SMARTS) is 1. The molecule has 0 radical (unpaired) electrons. The summed E-state index contributed by atoms with van der Waals surface area (Å²) in [7, 11) is 0. The molecule has 0 aromatic heterocycles. The molecule has 1 rings (SSSR count). The van der Waals surface area contributed by atoms with Gasteiger partial charge in [-0.2, -0.15) is 0 Å². The first kappa shape index (κ1) is 10.5. The Hall–Kier alpha value is -2.60. The van der Waals surface area contributed by atoms with Crippen molar-refractivity contribution in [1.29, 1.82) is 0 Å². The van der Waals surface area contributed by atoms with Gasteiger partial charge in [0.15, 0.2) is 0 Å². The number of carbonyl (C=O) groups is 1. The second kappa shape index (κ2) is 4.07. The summed E-state index contributed by atoms with van der Waals surface area (Å²) in [5.74, 6) is -1.45. The SMILES string of the molecule is [N-]=[N+]=Nc1ccc([N+](=O)[O-])c(C(=O)O)c1. The fourth-order valence-electron chi connectivity index (χ4n) is 0.968. The number of hydrogen-bond donors (Lipinski definition) is 1.